The molecule has 17 heavy (non-hydrogen) atoms. The fourth-order valence-corrected chi connectivity index (χ4v) is 2.50. The molecule has 0 radical (unpaired) electrons. The van der Waals surface area contributed by atoms with Crippen LogP contribution in [-0.2, 0) is 4.79 Å². The monoisotopic (exact) mass is 240 g/mol. The lowest BCUT2D eigenvalue weighted by atomic mass is 10.1. The Balaban J connectivity index is 1.75. The highest BCUT2D eigenvalue weighted by molar-refractivity contribution is 5.78. The van der Waals surface area contributed by atoms with Crippen LogP contribution in [0, 0.1) is 0 Å². The van der Waals surface area contributed by atoms with Gasteiger partial charge >= 0.3 is 0 Å². The Bertz CT molecular complexity index is 243. The maximum atomic E-state index is 12.1. The zero-order chi connectivity index (χ0) is 12.1. The van der Waals surface area contributed by atoms with E-state index in [1.807, 2.05) is 4.90 Å². The first-order valence-corrected chi connectivity index (χ1v) is 6.72. The topological polar surface area (TPSA) is 61.6 Å². The second-order valence-corrected chi connectivity index (χ2v) is 5.10. The summed E-state index contributed by atoms with van der Waals surface area (Å²) in [5.74, 6) is 0.282. The highest BCUT2D eigenvalue weighted by atomic mass is 16.2. The van der Waals surface area contributed by atoms with Crippen LogP contribution in [0.4, 0.5) is 0 Å². The normalized spacial score (nSPS) is 24.6. The standard InChI is InChI=1S/C12H24N4O/c13-11-2-7-15(8-3-11)10-12(17)16-6-1-4-14-5-9-16/h11,14H,1-10,13H2. The molecular weight excluding hydrogens is 216 g/mol. The van der Waals surface area contributed by atoms with Crippen molar-refractivity contribution in [2.75, 3.05) is 45.8 Å². The molecule has 3 N–H and O–H groups in total. The van der Waals surface area contributed by atoms with Crippen LogP contribution >= 0.6 is 0 Å². The quantitative estimate of drug-likeness (QED) is 0.665. The van der Waals surface area contributed by atoms with Gasteiger partial charge in [-0.1, -0.05) is 0 Å². The minimum absolute atomic E-state index is 0.282. The number of carbonyl (C=O) groups is 1. The molecule has 2 heterocycles. The van der Waals surface area contributed by atoms with Gasteiger partial charge in [0.05, 0.1) is 6.54 Å². The summed E-state index contributed by atoms with van der Waals surface area (Å²) in [6, 6.07) is 0.337. The maximum Gasteiger partial charge on any atom is 0.236 e. The molecule has 1 amide bonds. The van der Waals surface area contributed by atoms with Crippen LogP contribution in [0.25, 0.3) is 0 Å². The van der Waals surface area contributed by atoms with E-state index in [-0.39, 0.29) is 5.91 Å². The van der Waals surface area contributed by atoms with Crippen molar-refractivity contribution in [3.8, 4) is 0 Å². The molecular formula is C12H24N4O. The van der Waals surface area contributed by atoms with Crippen LogP contribution in [-0.4, -0.2) is 67.6 Å². The average molecular weight is 240 g/mol. The van der Waals surface area contributed by atoms with Crippen molar-refractivity contribution in [1.29, 1.82) is 0 Å². The number of nitrogens with zero attached hydrogens (tertiary/aromatic N) is 2. The van der Waals surface area contributed by atoms with Crippen LogP contribution in [0.3, 0.4) is 0 Å². The Morgan fingerprint density at radius 1 is 1.18 bits per heavy atom. The first-order valence-electron chi connectivity index (χ1n) is 6.72. The van der Waals surface area contributed by atoms with Crippen LogP contribution in [0.5, 0.6) is 0 Å². The van der Waals surface area contributed by atoms with E-state index in [1.54, 1.807) is 0 Å². The van der Waals surface area contributed by atoms with Gasteiger partial charge in [-0.3, -0.25) is 9.69 Å². The number of hydrogen-bond acceptors (Lipinski definition) is 4. The van der Waals surface area contributed by atoms with Crippen molar-refractivity contribution in [1.82, 2.24) is 15.1 Å². The minimum Gasteiger partial charge on any atom is -0.340 e. The Labute approximate surface area is 103 Å². The van der Waals surface area contributed by atoms with Crippen LogP contribution in [0.15, 0.2) is 0 Å². The van der Waals surface area contributed by atoms with Gasteiger partial charge in [0, 0.05) is 38.8 Å². The third kappa shape index (κ3) is 3.94. The van der Waals surface area contributed by atoms with Gasteiger partial charge in [-0.15, -0.1) is 0 Å². The molecule has 0 spiro atoms. The summed E-state index contributed by atoms with van der Waals surface area (Å²) in [5.41, 5.74) is 5.86. The van der Waals surface area contributed by atoms with E-state index in [4.69, 9.17) is 5.73 Å². The Morgan fingerprint density at radius 2 is 1.94 bits per heavy atom. The van der Waals surface area contributed by atoms with Crippen LogP contribution < -0.4 is 11.1 Å². The van der Waals surface area contributed by atoms with Crippen LogP contribution in [0.1, 0.15) is 19.3 Å². The first-order chi connectivity index (χ1) is 8.25. The molecule has 0 aromatic rings. The number of piperidine rings is 1. The van der Waals surface area contributed by atoms with E-state index in [1.165, 1.54) is 0 Å². The smallest absolute Gasteiger partial charge is 0.236 e. The van der Waals surface area contributed by atoms with Crippen molar-refractivity contribution in [3.63, 3.8) is 0 Å². The average Bonchev–Trinajstić information content (AvgIpc) is 2.61. The van der Waals surface area contributed by atoms with Gasteiger partial charge in [0.2, 0.25) is 5.91 Å². The maximum absolute atomic E-state index is 12.1. The number of nitrogens with one attached hydrogen (secondary N) is 1. The third-order valence-corrected chi connectivity index (χ3v) is 3.68. The van der Waals surface area contributed by atoms with Crippen molar-refractivity contribution in [2.45, 2.75) is 25.3 Å². The zero-order valence-electron chi connectivity index (χ0n) is 10.5. The van der Waals surface area contributed by atoms with Gasteiger partial charge < -0.3 is 16.0 Å². The molecule has 0 saturated carbocycles. The molecule has 2 aliphatic heterocycles. The Morgan fingerprint density at radius 3 is 2.71 bits per heavy atom. The van der Waals surface area contributed by atoms with Gasteiger partial charge in [-0.05, 0) is 25.8 Å². The Hall–Kier alpha value is -0.650. The molecule has 5 nitrogen and oxygen atoms in total. The predicted octanol–water partition coefficient (Wildman–Crippen LogP) is -0.769. The zero-order valence-corrected chi connectivity index (χ0v) is 10.5. The summed E-state index contributed by atoms with van der Waals surface area (Å²) in [7, 11) is 0. The van der Waals surface area contributed by atoms with E-state index in [0.29, 0.717) is 12.6 Å². The largest absolute Gasteiger partial charge is 0.340 e. The van der Waals surface area contributed by atoms with E-state index < -0.39 is 0 Å². The summed E-state index contributed by atoms with van der Waals surface area (Å²) in [6.07, 6.45) is 3.11. The lowest BCUT2D eigenvalue weighted by Crippen LogP contribution is -2.46. The number of carbonyl (C=O) groups excluding carboxylic acids is 1. The van der Waals surface area contributed by atoms with Crippen molar-refractivity contribution in [2.24, 2.45) is 5.73 Å². The van der Waals surface area contributed by atoms with E-state index in [2.05, 4.69) is 10.2 Å². The fraction of sp³-hybridized carbons (Fsp3) is 0.917. The highest BCUT2D eigenvalue weighted by Gasteiger charge is 2.21. The number of hydrogen-bond donors (Lipinski definition) is 2. The Kier molecular flexibility index (Phi) is 4.76. The number of rotatable bonds is 2. The van der Waals surface area contributed by atoms with Gasteiger partial charge in [0.1, 0.15) is 0 Å². The molecule has 2 aliphatic rings. The molecule has 0 aromatic carbocycles. The third-order valence-electron chi connectivity index (χ3n) is 3.68. The van der Waals surface area contributed by atoms with Gasteiger partial charge in [0.25, 0.3) is 0 Å². The second kappa shape index (κ2) is 6.33. The molecule has 0 aliphatic carbocycles. The van der Waals surface area contributed by atoms with E-state index >= 15 is 0 Å². The lowest BCUT2D eigenvalue weighted by molar-refractivity contribution is -0.132. The van der Waals surface area contributed by atoms with Crippen LogP contribution in [0.2, 0.25) is 0 Å². The molecule has 0 aromatic heterocycles. The highest BCUT2D eigenvalue weighted by Crippen LogP contribution is 2.08. The van der Waals surface area contributed by atoms with Gasteiger partial charge in [0.15, 0.2) is 0 Å². The van der Waals surface area contributed by atoms with Crippen molar-refractivity contribution < 1.29 is 4.79 Å². The van der Waals surface area contributed by atoms with Gasteiger partial charge in [-0.25, -0.2) is 0 Å². The molecule has 2 saturated heterocycles. The molecule has 98 valence electrons. The van der Waals surface area contributed by atoms with Gasteiger partial charge in [-0.2, -0.15) is 0 Å². The SMILES string of the molecule is NC1CCN(CC(=O)N2CCCNCC2)CC1. The molecule has 2 fully saturated rings. The first kappa shape index (κ1) is 12.8. The second-order valence-electron chi connectivity index (χ2n) is 5.10. The molecule has 0 unspecified atom stereocenters. The summed E-state index contributed by atoms with van der Waals surface area (Å²) in [5, 5.41) is 3.32. The minimum atomic E-state index is 0.282. The molecule has 2 rings (SSSR count). The summed E-state index contributed by atoms with van der Waals surface area (Å²) in [6.45, 7) is 6.23. The summed E-state index contributed by atoms with van der Waals surface area (Å²) < 4.78 is 0. The molecule has 0 atom stereocenters. The molecule has 5 heteroatoms. The molecule has 0 bridgehead atoms. The van der Waals surface area contributed by atoms with Crippen molar-refractivity contribution >= 4 is 5.91 Å². The lowest BCUT2D eigenvalue weighted by Gasteiger charge is -2.31. The predicted molar refractivity (Wildman–Crippen MR) is 67.7 cm³/mol. The van der Waals surface area contributed by atoms with E-state index in [9.17, 15) is 4.79 Å². The van der Waals surface area contributed by atoms with E-state index in [0.717, 1.165) is 58.5 Å². The summed E-state index contributed by atoms with van der Waals surface area (Å²) >= 11 is 0. The number of nitrogens with two attached hydrogens (primary N) is 1. The van der Waals surface area contributed by atoms with Crippen molar-refractivity contribution in [3.05, 3.63) is 0 Å². The summed E-state index contributed by atoms with van der Waals surface area (Å²) in [4.78, 5) is 16.4. The number of amides is 1. The number of likely N-dealkylation sites (tertiary alicyclic amines) is 1. The fourth-order valence-electron chi connectivity index (χ4n) is 2.50.